The van der Waals surface area contributed by atoms with Crippen LogP contribution in [0.4, 0.5) is 11.5 Å². The van der Waals surface area contributed by atoms with E-state index in [4.69, 9.17) is 17.0 Å². The van der Waals surface area contributed by atoms with E-state index in [1.807, 2.05) is 16.7 Å². The summed E-state index contributed by atoms with van der Waals surface area (Å²) in [6.45, 7) is 2.19. The Labute approximate surface area is 205 Å². The minimum Gasteiger partial charge on any atom is -0.478 e. The molecular weight excluding hydrogens is 496 g/mol. The van der Waals surface area contributed by atoms with Gasteiger partial charge in [-0.05, 0) is 54.9 Å². The minimum absolute atomic E-state index is 0.0513. The molecule has 1 saturated heterocycles. The van der Waals surface area contributed by atoms with Crippen molar-refractivity contribution < 1.29 is 13.2 Å². The molecule has 2 aromatic heterocycles. The van der Waals surface area contributed by atoms with Crippen molar-refractivity contribution in [3.63, 3.8) is 0 Å². The van der Waals surface area contributed by atoms with E-state index in [9.17, 15) is 13.2 Å². The van der Waals surface area contributed by atoms with E-state index in [1.165, 1.54) is 19.2 Å². The smallest absolute Gasteiger partial charge is 0.271 e. The number of piperidine rings is 1. The Bertz CT molecular complexity index is 1390. The maximum atomic E-state index is 12.7. The van der Waals surface area contributed by atoms with Crippen LogP contribution in [-0.4, -0.2) is 51.9 Å². The fraction of sp³-hybridized carbons (Fsp3) is 0.333. The predicted octanol–water partition coefficient (Wildman–Crippen LogP) is 2.33. The highest BCUT2D eigenvalue weighted by Crippen LogP contribution is 2.35. The third-order valence-electron chi connectivity index (χ3n) is 6.07. The molecule has 1 fully saturated rings. The number of anilines is 2. The Morgan fingerprint density at radius 1 is 1.15 bits per heavy atom. The van der Waals surface area contributed by atoms with Gasteiger partial charge >= 0.3 is 0 Å². The first kappa shape index (κ1) is 22.7. The number of methoxy groups -OCH3 is 1. The largest absolute Gasteiger partial charge is 0.478 e. The summed E-state index contributed by atoms with van der Waals surface area (Å²) in [5, 5.41) is 3.79. The van der Waals surface area contributed by atoms with E-state index in [2.05, 4.69) is 23.7 Å². The van der Waals surface area contributed by atoms with Crippen LogP contribution in [0.2, 0.25) is 0 Å². The van der Waals surface area contributed by atoms with Crippen molar-refractivity contribution in [1.82, 2.24) is 18.2 Å². The molecule has 2 N–H and O–H groups in total. The number of aromatic nitrogens is 3. The molecule has 1 aromatic carbocycles. The number of sulfonamides is 1. The third-order valence-corrected chi connectivity index (χ3v) is 8.29. The summed E-state index contributed by atoms with van der Waals surface area (Å²) in [6.07, 6.45) is 1.04. The molecule has 34 heavy (non-hydrogen) atoms. The van der Waals surface area contributed by atoms with Gasteiger partial charge in [0.2, 0.25) is 5.82 Å². The molecule has 3 aromatic rings. The fourth-order valence-corrected chi connectivity index (χ4v) is 6.35. The summed E-state index contributed by atoms with van der Waals surface area (Å²) >= 11 is 6.51. The maximum absolute atomic E-state index is 12.7. The van der Waals surface area contributed by atoms with Crippen LogP contribution in [-0.2, 0) is 16.6 Å². The summed E-state index contributed by atoms with van der Waals surface area (Å²) in [6, 6.07) is 11.8. The van der Waals surface area contributed by atoms with E-state index >= 15 is 0 Å². The number of thiocarbonyl (C=S) groups is 1. The van der Waals surface area contributed by atoms with Crippen LogP contribution in [0, 0.1) is 5.92 Å². The number of hydrogen-bond donors (Lipinski definition) is 2. The first-order valence-corrected chi connectivity index (χ1v) is 13.2. The number of fused-ring (bicyclic) bond motifs is 4. The zero-order valence-corrected chi connectivity index (χ0v) is 20.6. The van der Waals surface area contributed by atoms with Crippen LogP contribution in [0.5, 0.6) is 5.88 Å². The molecule has 0 saturated carbocycles. The van der Waals surface area contributed by atoms with Gasteiger partial charge in [0.05, 0.1) is 23.7 Å². The zero-order valence-electron chi connectivity index (χ0n) is 18.2. The van der Waals surface area contributed by atoms with Gasteiger partial charge in [-0.2, -0.15) is 4.37 Å². The number of hydrogen-bond acceptors (Lipinski definition) is 8. The van der Waals surface area contributed by atoms with Crippen LogP contribution in [0.3, 0.4) is 0 Å². The average molecular weight is 519 g/mol. The molecule has 0 aliphatic carbocycles. The van der Waals surface area contributed by atoms with E-state index < -0.39 is 10.0 Å². The van der Waals surface area contributed by atoms with Crippen molar-refractivity contribution >= 4 is 50.6 Å². The highest BCUT2D eigenvalue weighted by molar-refractivity contribution is 7.92. The lowest BCUT2D eigenvalue weighted by Gasteiger charge is -2.43. The SMILES string of the molecule is COc1nsnc1NS(=O)(=O)c1ccc(NC(=S)N2C[C@@H]3C[C@H](C2)c2cccc(=O)n2C3)cc1. The lowest BCUT2D eigenvalue weighted by Crippen LogP contribution is -2.50. The van der Waals surface area contributed by atoms with Crippen molar-refractivity contribution in [3.05, 3.63) is 58.5 Å². The lowest BCUT2D eigenvalue weighted by molar-refractivity contribution is 0.180. The second kappa shape index (κ2) is 8.96. The van der Waals surface area contributed by atoms with Gasteiger partial charge in [0, 0.05) is 43.0 Å². The molecule has 178 valence electrons. The van der Waals surface area contributed by atoms with Crippen LogP contribution in [0.15, 0.2) is 52.2 Å². The highest BCUT2D eigenvalue weighted by atomic mass is 32.2. The third kappa shape index (κ3) is 4.38. The maximum Gasteiger partial charge on any atom is 0.271 e. The van der Waals surface area contributed by atoms with Crippen molar-refractivity contribution in [1.29, 1.82) is 0 Å². The number of benzene rings is 1. The van der Waals surface area contributed by atoms with Gasteiger partial charge in [0.15, 0.2) is 5.11 Å². The molecular formula is C21H22N6O4S3. The number of pyridine rings is 1. The molecule has 2 bridgehead atoms. The van der Waals surface area contributed by atoms with E-state index in [0.29, 0.717) is 23.3 Å². The van der Waals surface area contributed by atoms with Crippen LogP contribution >= 0.6 is 23.9 Å². The Kier molecular flexibility index (Phi) is 6.00. The van der Waals surface area contributed by atoms with Crippen molar-refractivity contribution in [3.8, 4) is 5.88 Å². The molecule has 0 amide bonds. The Morgan fingerprint density at radius 3 is 2.71 bits per heavy atom. The van der Waals surface area contributed by atoms with E-state index in [0.717, 1.165) is 36.9 Å². The summed E-state index contributed by atoms with van der Waals surface area (Å²) in [4.78, 5) is 14.4. The number of likely N-dealkylation sites (tertiary alicyclic amines) is 1. The van der Waals surface area contributed by atoms with E-state index in [-0.39, 0.29) is 28.1 Å². The van der Waals surface area contributed by atoms with E-state index in [1.54, 1.807) is 18.2 Å². The van der Waals surface area contributed by atoms with Gasteiger partial charge in [0.25, 0.3) is 21.5 Å². The monoisotopic (exact) mass is 518 g/mol. The molecule has 0 radical (unpaired) electrons. The molecule has 2 aliphatic rings. The summed E-state index contributed by atoms with van der Waals surface area (Å²) in [7, 11) is -2.45. The number of nitrogens with zero attached hydrogens (tertiary/aromatic N) is 4. The number of nitrogens with one attached hydrogen (secondary N) is 2. The van der Waals surface area contributed by atoms with Gasteiger partial charge < -0.3 is 19.5 Å². The standard InChI is InChI=1S/C21H22N6O4S3/c1-31-20-19(23-33-24-20)25-34(29,30)16-7-5-15(6-8-16)22-21(32)26-10-13-9-14(12-26)17-3-2-4-18(28)27(17)11-13/h2-8,13-14H,9-12H2,1H3,(H,22,32)(H,23,25)/t13-,14+/m0/s1. The normalized spacial score (nSPS) is 19.3. The van der Waals surface area contributed by atoms with Crippen LogP contribution in [0.1, 0.15) is 18.0 Å². The summed E-state index contributed by atoms with van der Waals surface area (Å²) in [5.41, 5.74) is 1.80. The first-order chi connectivity index (χ1) is 16.3. The van der Waals surface area contributed by atoms with Gasteiger partial charge in [-0.15, -0.1) is 4.37 Å². The Balaban J connectivity index is 1.26. The molecule has 2 atom stereocenters. The highest BCUT2D eigenvalue weighted by Gasteiger charge is 2.35. The molecule has 4 heterocycles. The molecule has 0 unspecified atom stereocenters. The molecule has 2 aliphatic heterocycles. The van der Waals surface area contributed by atoms with Crippen LogP contribution < -0.4 is 20.3 Å². The Morgan fingerprint density at radius 2 is 1.94 bits per heavy atom. The van der Waals surface area contributed by atoms with Gasteiger partial charge in [-0.25, -0.2) is 8.42 Å². The van der Waals surface area contributed by atoms with Gasteiger partial charge in [-0.3, -0.25) is 9.52 Å². The quantitative estimate of drug-likeness (QED) is 0.491. The molecule has 13 heteroatoms. The number of rotatable bonds is 5. The van der Waals surface area contributed by atoms with Gasteiger partial charge in [0.1, 0.15) is 0 Å². The summed E-state index contributed by atoms with van der Waals surface area (Å²) in [5.74, 6) is 0.769. The molecule has 10 nitrogen and oxygen atoms in total. The topological polar surface area (TPSA) is 118 Å². The molecule has 5 rings (SSSR count). The fourth-order valence-electron chi connectivity index (χ4n) is 4.55. The predicted molar refractivity (Wildman–Crippen MR) is 133 cm³/mol. The zero-order chi connectivity index (χ0) is 23.9. The minimum atomic E-state index is -3.85. The first-order valence-electron chi connectivity index (χ1n) is 10.6. The second-order valence-corrected chi connectivity index (χ2v) is 10.9. The Hall–Kier alpha value is -3.03. The van der Waals surface area contributed by atoms with Crippen LogP contribution in [0.25, 0.3) is 0 Å². The molecule has 0 spiro atoms. The number of ether oxygens (including phenoxy) is 1. The van der Waals surface area contributed by atoms with Crippen molar-refractivity contribution in [2.45, 2.75) is 23.8 Å². The average Bonchev–Trinajstić information content (AvgIpc) is 3.26. The van der Waals surface area contributed by atoms with Crippen molar-refractivity contribution in [2.75, 3.05) is 30.2 Å². The second-order valence-electron chi connectivity index (χ2n) is 8.29. The summed E-state index contributed by atoms with van der Waals surface area (Å²) < 4.78 is 42.4. The lowest BCUT2D eigenvalue weighted by atomic mass is 9.83. The van der Waals surface area contributed by atoms with Crippen molar-refractivity contribution in [2.24, 2.45) is 5.92 Å². The van der Waals surface area contributed by atoms with Gasteiger partial charge in [-0.1, -0.05) is 6.07 Å².